The van der Waals surface area contributed by atoms with Gasteiger partial charge in [0.1, 0.15) is 11.5 Å². The average molecular weight is 545 g/mol. The van der Waals surface area contributed by atoms with E-state index in [4.69, 9.17) is 11.6 Å². The van der Waals surface area contributed by atoms with E-state index < -0.39 is 5.82 Å². The molecule has 0 bridgehead atoms. The minimum Gasteiger partial charge on any atom is -0.351 e. The largest absolute Gasteiger partial charge is 0.351 e. The van der Waals surface area contributed by atoms with Crippen molar-refractivity contribution >= 4 is 34.3 Å². The molecule has 4 aromatic rings. The molecular weight excluding hydrogens is 515 g/mol. The first-order chi connectivity index (χ1) is 19.0. The van der Waals surface area contributed by atoms with Crippen molar-refractivity contribution in [2.75, 3.05) is 32.7 Å². The molecule has 0 radical (unpaired) electrons. The first kappa shape index (κ1) is 25.6. The first-order valence-electron chi connectivity index (χ1n) is 13.4. The zero-order valence-electron chi connectivity index (χ0n) is 21.4. The second-order valence-corrected chi connectivity index (χ2v) is 11.0. The Balaban J connectivity index is 1.08. The van der Waals surface area contributed by atoms with E-state index in [-0.39, 0.29) is 28.4 Å². The van der Waals surface area contributed by atoms with E-state index >= 15 is 0 Å². The van der Waals surface area contributed by atoms with Crippen LogP contribution in [0.4, 0.5) is 4.39 Å². The van der Waals surface area contributed by atoms with Crippen molar-refractivity contribution in [1.29, 1.82) is 0 Å². The van der Waals surface area contributed by atoms with Crippen molar-refractivity contribution in [1.82, 2.24) is 20.1 Å². The molecule has 200 valence electrons. The Morgan fingerprint density at radius 2 is 1.67 bits per heavy atom. The fourth-order valence-corrected chi connectivity index (χ4v) is 6.29. The summed E-state index contributed by atoms with van der Waals surface area (Å²) < 4.78 is 14.3. The number of H-pyrrole nitrogens is 1. The first-order valence-corrected chi connectivity index (χ1v) is 13.7. The molecule has 6 rings (SSSR count). The van der Waals surface area contributed by atoms with Gasteiger partial charge < -0.3 is 20.1 Å². The van der Waals surface area contributed by atoms with Crippen LogP contribution < -0.4 is 5.32 Å². The van der Waals surface area contributed by atoms with Crippen molar-refractivity contribution in [3.8, 4) is 0 Å². The van der Waals surface area contributed by atoms with Gasteiger partial charge in [-0.1, -0.05) is 66.2 Å². The van der Waals surface area contributed by atoms with Gasteiger partial charge in [0.05, 0.1) is 16.6 Å². The molecule has 0 aliphatic carbocycles. The van der Waals surface area contributed by atoms with Crippen LogP contribution in [0, 0.1) is 17.7 Å². The summed E-state index contributed by atoms with van der Waals surface area (Å²) in [4.78, 5) is 33.6. The third-order valence-corrected chi connectivity index (χ3v) is 8.36. The molecule has 2 aliphatic rings. The number of rotatable bonds is 7. The number of nitrogens with zero attached hydrogens (tertiary/aromatic N) is 2. The maximum atomic E-state index is 14.3. The van der Waals surface area contributed by atoms with Crippen molar-refractivity contribution in [2.24, 2.45) is 11.8 Å². The average Bonchev–Trinajstić information content (AvgIpc) is 3.64. The summed E-state index contributed by atoms with van der Waals surface area (Å²) in [5.41, 5.74) is 2.52. The SMILES string of the molecule is O=C(N[C@@H](CCN1CC2CN(C(=O)c3c(F)cccc3Cl)CC2C1)c1ccccc1)c1cc2ccccc2[nH]1. The number of fused-ring (bicyclic) bond motifs is 2. The summed E-state index contributed by atoms with van der Waals surface area (Å²) >= 11 is 6.14. The van der Waals surface area contributed by atoms with Crippen molar-refractivity contribution in [3.05, 3.63) is 107 Å². The number of aromatic nitrogens is 1. The van der Waals surface area contributed by atoms with Crippen LogP contribution in [0.25, 0.3) is 10.9 Å². The molecule has 2 amide bonds. The van der Waals surface area contributed by atoms with Gasteiger partial charge in [-0.2, -0.15) is 0 Å². The third kappa shape index (κ3) is 5.29. The Morgan fingerprint density at radius 1 is 0.949 bits per heavy atom. The molecular formula is C31H30ClFN4O2. The number of benzene rings is 3. The van der Waals surface area contributed by atoms with E-state index in [2.05, 4.69) is 15.2 Å². The van der Waals surface area contributed by atoms with Gasteiger partial charge in [-0.05, 0) is 48.1 Å². The van der Waals surface area contributed by atoms with Gasteiger partial charge >= 0.3 is 0 Å². The van der Waals surface area contributed by atoms with Crippen LogP contribution in [0.2, 0.25) is 5.02 Å². The summed E-state index contributed by atoms with van der Waals surface area (Å²) in [6.07, 6.45) is 0.767. The van der Waals surface area contributed by atoms with E-state index in [1.807, 2.05) is 60.7 Å². The van der Waals surface area contributed by atoms with Gasteiger partial charge in [0.15, 0.2) is 0 Å². The molecule has 0 saturated carbocycles. The predicted octanol–water partition coefficient (Wildman–Crippen LogP) is 5.53. The number of carbonyl (C=O) groups is 2. The van der Waals surface area contributed by atoms with E-state index in [0.29, 0.717) is 30.6 Å². The van der Waals surface area contributed by atoms with Crippen LogP contribution in [0.15, 0.2) is 78.9 Å². The number of hydrogen-bond acceptors (Lipinski definition) is 3. The Hall–Kier alpha value is -3.68. The highest BCUT2D eigenvalue weighted by Gasteiger charge is 2.42. The maximum absolute atomic E-state index is 14.3. The number of amides is 2. The van der Waals surface area contributed by atoms with Gasteiger partial charge in [-0.3, -0.25) is 9.59 Å². The standard InChI is InChI=1S/C31H30ClFN4O2/c32-24-10-6-11-25(33)29(24)31(39)37-18-22-16-36(17-23(22)19-37)14-13-27(20-7-2-1-3-8-20)35-30(38)28-15-21-9-4-5-12-26(21)34-28/h1-12,15,22-23,27,34H,13-14,16-19H2,(H,35,38)/t22?,23?,27-/m0/s1. The lowest BCUT2D eigenvalue weighted by atomic mass is 10.0. The summed E-state index contributed by atoms with van der Waals surface area (Å²) in [6, 6.07) is 24.0. The van der Waals surface area contributed by atoms with E-state index in [9.17, 15) is 14.0 Å². The highest BCUT2D eigenvalue weighted by molar-refractivity contribution is 6.33. The normalized spacial score (nSPS) is 19.8. The van der Waals surface area contributed by atoms with Gasteiger partial charge in [0.2, 0.25) is 0 Å². The van der Waals surface area contributed by atoms with E-state index in [1.165, 1.54) is 12.1 Å². The summed E-state index contributed by atoms with van der Waals surface area (Å²) in [6.45, 7) is 3.77. The smallest absolute Gasteiger partial charge is 0.268 e. The minimum atomic E-state index is -0.576. The Morgan fingerprint density at radius 3 is 2.38 bits per heavy atom. The van der Waals surface area contributed by atoms with Crippen LogP contribution in [-0.2, 0) is 0 Å². The molecule has 3 heterocycles. The highest BCUT2D eigenvalue weighted by atomic mass is 35.5. The van der Waals surface area contributed by atoms with Crippen LogP contribution in [-0.4, -0.2) is 59.3 Å². The molecule has 2 fully saturated rings. The molecule has 2 aliphatic heterocycles. The van der Waals surface area contributed by atoms with Gasteiger partial charge in [0, 0.05) is 43.6 Å². The number of aromatic amines is 1. The third-order valence-electron chi connectivity index (χ3n) is 8.04. The van der Waals surface area contributed by atoms with E-state index in [0.717, 1.165) is 42.5 Å². The molecule has 2 N–H and O–H groups in total. The molecule has 6 nitrogen and oxygen atoms in total. The van der Waals surface area contributed by atoms with Gasteiger partial charge in [-0.25, -0.2) is 4.39 Å². The van der Waals surface area contributed by atoms with Crippen LogP contribution >= 0.6 is 11.6 Å². The number of carbonyl (C=O) groups excluding carboxylic acids is 2. The Kier molecular flexibility index (Phi) is 7.11. The molecule has 2 saturated heterocycles. The van der Waals surface area contributed by atoms with Crippen LogP contribution in [0.3, 0.4) is 0 Å². The number of likely N-dealkylation sites (tertiary alicyclic amines) is 2. The Labute approximate surface area is 231 Å². The zero-order chi connectivity index (χ0) is 26.9. The molecule has 0 spiro atoms. The summed E-state index contributed by atoms with van der Waals surface area (Å²) in [5, 5.41) is 4.40. The molecule has 8 heteroatoms. The molecule has 39 heavy (non-hydrogen) atoms. The van der Waals surface area contributed by atoms with E-state index in [1.54, 1.807) is 11.0 Å². The maximum Gasteiger partial charge on any atom is 0.268 e. The lowest BCUT2D eigenvalue weighted by Gasteiger charge is -2.25. The number of para-hydroxylation sites is 1. The monoisotopic (exact) mass is 544 g/mol. The topological polar surface area (TPSA) is 68.4 Å². The summed E-state index contributed by atoms with van der Waals surface area (Å²) in [5.74, 6) is -0.346. The highest BCUT2D eigenvalue weighted by Crippen LogP contribution is 2.34. The second kappa shape index (κ2) is 10.8. The fourth-order valence-electron chi connectivity index (χ4n) is 6.05. The number of hydrogen-bond donors (Lipinski definition) is 2. The molecule has 3 atom stereocenters. The molecule has 1 aromatic heterocycles. The molecule has 3 aromatic carbocycles. The summed E-state index contributed by atoms with van der Waals surface area (Å²) in [7, 11) is 0. The number of nitrogens with one attached hydrogen (secondary N) is 2. The second-order valence-electron chi connectivity index (χ2n) is 10.6. The lowest BCUT2D eigenvalue weighted by molar-refractivity contribution is 0.0769. The minimum absolute atomic E-state index is 0.0348. The Bertz CT molecular complexity index is 1440. The number of halogens is 2. The van der Waals surface area contributed by atoms with Crippen molar-refractivity contribution in [3.63, 3.8) is 0 Å². The van der Waals surface area contributed by atoms with Crippen LogP contribution in [0.5, 0.6) is 0 Å². The fraction of sp³-hybridized carbons (Fsp3) is 0.290. The lowest BCUT2D eigenvalue weighted by Crippen LogP contribution is -2.35. The van der Waals surface area contributed by atoms with Crippen molar-refractivity contribution in [2.45, 2.75) is 12.5 Å². The molecule has 2 unspecified atom stereocenters. The van der Waals surface area contributed by atoms with Crippen LogP contribution in [0.1, 0.15) is 38.9 Å². The van der Waals surface area contributed by atoms with Crippen molar-refractivity contribution < 1.29 is 14.0 Å². The van der Waals surface area contributed by atoms with Gasteiger partial charge in [-0.15, -0.1) is 0 Å². The predicted molar refractivity (Wildman–Crippen MR) is 150 cm³/mol. The quantitative estimate of drug-likeness (QED) is 0.322. The van der Waals surface area contributed by atoms with Gasteiger partial charge in [0.25, 0.3) is 11.8 Å². The zero-order valence-corrected chi connectivity index (χ0v) is 22.2.